The van der Waals surface area contributed by atoms with Crippen LogP contribution in [0.5, 0.6) is 0 Å². The fraction of sp³-hybridized carbons (Fsp3) is 0.778. The second-order valence-electron chi connectivity index (χ2n) is 7.14. The van der Waals surface area contributed by atoms with Crippen molar-refractivity contribution in [2.24, 2.45) is 5.92 Å². The van der Waals surface area contributed by atoms with Crippen LogP contribution in [0.2, 0.25) is 0 Å². The van der Waals surface area contributed by atoms with E-state index in [2.05, 4.69) is 16.9 Å². The van der Waals surface area contributed by atoms with E-state index in [-0.39, 0.29) is 5.91 Å². The van der Waals surface area contributed by atoms with Gasteiger partial charge in [-0.25, -0.2) is 0 Å². The number of piperidine rings is 1. The van der Waals surface area contributed by atoms with Crippen LogP contribution >= 0.6 is 0 Å². The van der Waals surface area contributed by atoms with Crippen LogP contribution in [0.1, 0.15) is 31.7 Å². The van der Waals surface area contributed by atoms with E-state index < -0.39 is 0 Å². The van der Waals surface area contributed by atoms with Crippen molar-refractivity contribution in [3.63, 3.8) is 0 Å². The van der Waals surface area contributed by atoms with Crippen LogP contribution in [-0.4, -0.2) is 70.9 Å². The number of aryl methyl sites for hydroxylation is 2. The third-order valence-electron chi connectivity index (χ3n) is 5.51. The molecule has 1 amide bonds. The third-order valence-corrected chi connectivity index (χ3v) is 5.51. The van der Waals surface area contributed by atoms with E-state index in [1.165, 1.54) is 0 Å². The maximum absolute atomic E-state index is 12.4. The van der Waals surface area contributed by atoms with Crippen LogP contribution < -0.4 is 0 Å². The van der Waals surface area contributed by atoms with Crippen LogP contribution in [-0.2, 0) is 16.1 Å². The summed E-state index contributed by atoms with van der Waals surface area (Å²) < 4.78 is 7.31. The summed E-state index contributed by atoms with van der Waals surface area (Å²) in [7, 11) is 0. The minimum absolute atomic E-state index is 0.264. The summed E-state index contributed by atoms with van der Waals surface area (Å²) in [5, 5.41) is 4.25. The van der Waals surface area contributed by atoms with Crippen molar-refractivity contribution >= 4 is 5.91 Å². The molecule has 0 aliphatic carbocycles. The topological polar surface area (TPSA) is 50.6 Å². The standard InChI is InChI=1S/C18H30N4O2/c1-15-13-19-22(14-15)8-5-18(23)21-6-3-17(4-7-21)16(2)20-9-11-24-12-10-20/h13-14,16-17H,3-12H2,1-2H3. The second-order valence-corrected chi connectivity index (χ2v) is 7.14. The number of aromatic nitrogens is 2. The number of hydrogen-bond acceptors (Lipinski definition) is 4. The molecule has 0 radical (unpaired) electrons. The molecule has 0 N–H and O–H groups in total. The molecule has 0 saturated carbocycles. The molecule has 3 rings (SSSR count). The van der Waals surface area contributed by atoms with E-state index >= 15 is 0 Å². The van der Waals surface area contributed by atoms with Crippen molar-refractivity contribution in [3.05, 3.63) is 18.0 Å². The monoisotopic (exact) mass is 334 g/mol. The number of carbonyl (C=O) groups excluding carboxylic acids is 1. The van der Waals surface area contributed by atoms with Crippen molar-refractivity contribution in [1.29, 1.82) is 0 Å². The van der Waals surface area contributed by atoms with Crippen molar-refractivity contribution < 1.29 is 9.53 Å². The number of amides is 1. The highest BCUT2D eigenvalue weighted by Crippen LogP contribution is 2.25. The molecule has 3 heterocycles. The average Bonchev–Trinajstić information content (AvgIpc) is 3.05. The molecule has 1 atom stereocenters. The number of likely N-dealkylation sites (tertiary alicyclic amines) is 1. The van der Waals surface area contributed by atoms with Crippen molar-refractivity contribution in [2.75, 3.05) is 39.4 Å². The number of carbonyl (C=O) groups is 1. The Morgan fingerprint density at radius 1 is 1.29 bits per heavy atom. The summed E-state index contributed by atoms with van der Waals surface area (Å²) >= 11 is 0. The van der Waals surface area contributed by atoms with Gasteiger partial charge in [-0.3, -0.25) is 14.4 Å². The van der Waals surface area contributed by atoms with Gasteiger partial charge in [0.1, 0.15) is 0 Å². The van der Waals surface area contributed by atoms with Crippen LogP contribution in [0, 0.1) is 12.8 Å². The lowest BCUT2D eigenvalue weighted by Gasteiger charge is -2.41. The van der Waals surface area contributed by atoms with Gasteiger partial charge in [-0.2, -0.15) is 5.10 Å². The summed E-state index contributed by atoms with van der Waals surface area (Å²) in [6.07, 6.45) is 6.60. The zero-order valence-electron chi connectivity index (χ0n) is 15.0. The molecular formula is C18H30N4O2. The minimum atomic E-state index is 0.264. The largest absolute Gasteiger partial charge is 0.379 e. The molecule has 0 bridgehead atoms. The van der Waals surface area contributed by atoms with Crippen molar-refractivity contribution in [3.8, 4) is 0 Å². The van der Waals surface area contributed by atoms with Gasteiger partial charge in [0.05, 0.1) is 19.4 Å². The lowest BCUT2D eigenvalue weighted by molar-refractivity contribution is -0.133. The van der Waals surface area contributed by atoms with E-state index in [4.69, 9.17) is 4.74 Å². The van der Waals surface area contributed by atoms with E-state index in [1.807, 2.05) is 28.9 Å². The highest BCUT2D eigenvalue weighted by atomic mass is 16.5. The lowest BCUT2D eigenvalue weighted by atomic mass is 9.89. The Kier molecular flexibility index (Phi) is 5.89. The van der Waals surface area contributed by atoms with Gasteiger partial charge in [0.2, 0.25) is 5.91 Å². The zero-order chi connectivity index (χ0) is 16.9. The van der Waals surface area contributed by atoms with Gasteiger partial charge in [0, 0.05) is 51.4 Å². The first-order valence-corrected chi connectivity index (χ1v) is 9.22. The van der Waals surface area contributed by atoms with Crippen LogP contribution in [0.25, 0.3) is 0 Å². The minimum Gasteiger partial charge on any atom is -0.379 e. The van der Waals surface area contributed by atoms with Gasteiger partial charge in [-0.1, -0.05) is 0 Å². The number of rotatable bonds is 5. The SMILES string of the molecule is Cc1cnn(CCC(=O)N2CCC(C(C)N3CCOCC3)CC2)c1. The Morgan fingerprint density at radius 2 is 2.00 bits per heavy atom. The number of nitrogens with zero attached hydrogens (tertiary/aromatic N) is 4. The molecule has 2 saturated heterocycles. The Morgan fingerprint density at radius 3 is 2.62 bits per heavy atom. The number of ether oxygens (including phenoxy) is 1. The molecule has 2 aliphatic rings. The Hall–Kier alpha value is -1.40. The number of hydrogen-bond donors (Lipinski definition) is 0. The molecule has 24 heavy (non-hydrogen) atoms. The van der Waals surface area contributed by atoms with Gasteiger partial charge < -0.3 is 9.64 Å². The average molecular weight is 334 g/mol. The first kappa shape index (κ1) is 17.4. The quantitative estimate of drug-likeness (QED) is 0.820. The predicted molar refractivity (Wildman–Crippen MR) is 92.7 cm³/mol. The lowest BCUT2D eigenvalue weighted by Crippen LogP contribution is -2.49. The van der Waals surface area contributed by atoms with Crippen LogP contribution in [0.3, 0.4) is 0 Å². The van der Waals surface area contributed by atoms with Gasteiger partial charge in [0.25, 0.3) is 0 Å². The molecule has 0 spiro atoms. The summed E-state index contributed by atoms with van der Waals surface area (Å²) in [5.74, 6) is 0.960. The Bertz CT molecular complexity index is 531. The van der Waals surface area contributed by atoms with E-state index in [9.17, 15) is 4.79 Å². The molecule has 134 valence electrons. The molecule has 1 unspecified atom stereocenters. The van der Waals surface area contributed by atoms with Crippen LogP contribution in [0.15, 0.2) is 12.4 Å². The van der Waals surface area contributed by atoms with E-state index in [0.29, 0.717) is 24.9 Å². The van der Waals surface area contributed by atoms with Crippen LogP contribution in [0.4, 0.5) is 0 Å². The van der Waals surface area contributed by atoms with Crippen molar-refractivity contribution in [1.82, 2.24) is 19.6 Å². The molecule has 2 aliphatic heterocycles. The molecular weight excluding hydrogens is 304 g/mol. The summed E-state index contributed by atoms with van der Waals surface area (Å²) in [5.41, 5.74) is 1.14. The van der Waals surface area contributed by atoms with E-state index in [1.54, 1.807) is 0 Å². The molecule has 0 aromatic carbocycles. The third kappa shape index (κ3) is 4.36. The van der Waals surface area contributed by atoms with Gasteiger partial charge in [-0.05, 0) is 38.2 Å². The highest BCUT2D eigenvalue weighted by molar-refractivity contribution is 5.76. The summed E-state index contributed by atoms with van der Waals surface area (Å²) in [6.45, 7) is 10.6. The second kappa shape index (κ2) is 8.12. The first-order chi connectivity index (χ1) is 11.6. The van der Waals surface area contributed by atoms with Gasteiger partial charge in [-0.15, -0.1) is 0 Å². The van der Waals surface area contributed by atoms with Gasteiger partial charge in [0.15, 0.2) is 0 Å². The summed E-state index contributed by atoms with van der Waals surface area (Å²) in [6, 6.07) is 0.596. The fourth-order valence-electron chi connectivity index (χ4n) is 3.87. The summed E-state index contributed by atoms with van der Waals surface area (Å²) in [4.78, 5) is 17.0. The first-order valence-electron chi connectivity index (χ1n) is 9.22. The molecule has 2 fully saturated rings. The Balaban J connectivity index is 1.41. The Labute approximate surface area is 144 Å². The normalized spacial score (nSPS) is 21.8. The molecule has 6 heteroatoms. The predicted octanol–water partition coefficient (Wildman–Crippen LogP) is 1.54. The maximum Gasteiger partial charge on any atom is 0.224 e. The van der Waals surface area contributed by atoms with Gasteiger partial charge >= 0.3 is 0 Å². The maximum atomic E-state index is 12.4. The highest BCUT2D eigenvalue weighted by Gasteiger charge is 2.29. The van der Waals surface area contributed by atoms with E-state index in [0.717, 1.165) is 57.8 Å². The molecule has 1 aromatic heterocycles. The molecule has 1 aromatic rings. The fourth-order valence-corrected chi connectivity index (χ4v) is 3.87. The molecule has 6 nitrogen and oxygen atoms in total. The number of morpholine rings is 1. The zero-order valence-corrected chi connectivity index (χ0v) is 15.0. The van der Waals surface area contributed by atoms with Crippen molar-refractivity contribution in [2.45, 2.75) is 45.7 Å². The smallest absolute Gasteiger partial charge is 0.224 e.